The van der Waals surface area contributed by atoms with Gasteiger partial charge in [0.05, 0.1) is 0 Å². The average molecular weight is 137 g/mol. The molecule has 0 saturated carbocycles. The summed E-state index contributed by atoms with van der Waals surface area (Å²) in [7, 11) is 0. The molecular formula is C2H7N3O4. The third-order valence-electron chi connectivity index (χ3n) is 0.235. The quantitative estimate of drug-likeness (QED) is 0.342. The van der Waals surface area contributed by atoms with Gasteiger partial charge in [-0.05, 0) is 0 Å². The van der Waals surface area contributed by atoms with Gasteiger partial charge in [-0.25, -0.2) is 10.3 Å². The van der Waals surface area contributed by atoms with E-state index in [1.165, 1.54) is 5.48 Å². The zero-order chi connectivity index (χ0) is 6.57. The molecule has 0 saturated heterocycles. The molecule has 0 unspecified atom stereocenters. The monoisotopic (exact) mass is 137 g/mol. The van der Waals surface area contributed by atoms with E-state index in [4.69, 9.17) is 0 Å². The molecular weight excluding hydrogens is 130 g/mol. The minimum absolute atomic E-state index is 0. The van der Waals surface area contributed by atoms with E-state index in [2.05, 4.69) is 10.6 Å². The van der Waals surface area contributed by atoms with E-state index in [0.717, 1.165) is 0 Å². The van der Waals surface area contributed by atoms with E-state index in [1.807, 2.05) is 0 Å². The van der Waals surface area contributed by atoms with Crippen LogP contribution in [0.25, 0.3) is 0 Å². The van der Waals surface area contributed by atoms with Crippen molar-refractivity contribution < 1.29 is 19.5 Å². The maximum Gasteiger partial charge on any atom is 0.428 e. The molecule has 0 aromatic rings. The molecule has 0 aromatic heterocycles. The number of carbonyl (C=O) groups is 2. The first-order valence-electron chi connectivity index (χ1n) is 1.56. The van der Waals surface area contributed by atoms with Gasteiger partial charge in [-0.15, -0.1) is 0 Å². The van der Waals surface area contributed by atoms with Crippen molar-refractivity contribution in [3.63, 3.8) is 0 Å². The molecule has 0 heterocycles. The Balaban J connectivity index is 0. The van der Waals surface area contributed by atoms with E-state index < -0.39 is 12.2 Å². The standard InChI is InChI=1S/C2H4N2O4.H3N/c3-1(5)8-4-2(6)7;/h4H,(H2,3,5)(H,6,7);1H3. The van der Waals surface area contributed by atoms with Gasteiger partial charge in [0.2, 0.25) is 0 Å². The molecule has 0 aliphatic rings. The molecule has 0 aliphatic carbocycles. The zero-order valence-corrected chi connectivity index (χ0v) is 4.71. The Morgan fingerprint density at radius 3 is 2.11 bits per heavy atom. The molecule has 9 heavy (non-hydrogen) atoms. The maximum absolute atomic E-state index is 9.55. The Morgan fingerprint density at radius 1 is 1.56 bits per heavy atom. The largest absolute Gasteiger partial charge is 0.528 e. The zero-order valence-electron chi connectivity index (χ0n) is 4.71. The summed E-state index contributed by atoms with van der Waals surface area (Å²) in [5, 5.41) is 9.35. The summed E-state index contributed by atoms with van der Waals surface area (Å²) >= 11 is 0. The first kappa shape index (κ1) is 10.5. The maximum atomic E-state index is 9.55. The second-order valence-corrected chi connectivity index (χ2v) is 0.811. The number of hydrogen-bond donors (Lipinski definition) is 3. The highest BCUT2D eigenvalue weighted by Crippen LogP contribution is 1.60. The summed E-state index contributed by atoms with van der Waals surface area (Å²) in [5.74, 6) is 0. The van der Waals surface area contributed by atoms with Crippen molar-refractivity contribution in [2.75, 3.05) is 0 Å². The minimum Gasteiger partial charge on any atom is -0.528 e. The molecule has 54 valence electrons. The van der Waals surface area contributed by atoms with Gasteiger partial charge < -0.3 is 26.6 Å². The van der Waals surface area contributed by atoms with E-state index in [-0.39, 0.29) is 6.15 Å². The van der Waals surface area contributed by atoms with E-state index >= 15 is 0 Å². The summed E-state index contributed by atoms with van der Waals surface area (Å²) in [6.07, 6.45) is -2.95. The normalized spacial score (nSPS) is 6.67. The number of primary amides is 1. The van der Waals surface area contributed by atoms with Gasteiger partial charge in [-0.1, -0.05) is 0 Å². The molecule has 7 N–H and O–H groups in total. The lowest BCUT2D eigenvalue weighted by molar-refractivity contribution is -0.260. The number of hydrogen-bond acceptors (Lipinski definition) is 4. The molecule has 7 nitrogen and oxygen atoms in total. The van der Waals surface area contributed by atoms with Crippen molar-refractivity contribution in [2.24, 2.45) is 5.73 Å². The fraction of sp³-hybridized carbons (Fsp3) is 0. The highest BCUT2D eigenvalue weighted by Gasteiger charge is 1.88. The molecule has 0 aliphatic heterocycles. The number of quaternary nitrogens is 1. The second-order valence-electron chi connectivity index (χ2n) is 0.811. The number of nitrogens with one attached hydrogen (secondary N) is 1. The number of hydroxylamine groups is 1. The van der Waals surface area contributed by atoms with Crippen LogP contribution in [-0.4, -0.2) is 12.2 Å². The van der Waals surface area contributed by atoms with Crippen molar-refractivity contribution in [2.45, 2.75) is 0 Å². The lowest BCUT2D eigenvalue weighted by atomic mass is 11.2. The molecule has 0 atom stereocenters. The third kappa shape index (κ3) is 10.7. The van der Waals surface area contributed by atoms with Crippen LogP contribution in [-0.2, 0) is 4.84 Å². The molecule has 0 bridgehead atoms. The van der Waals surface area contributed by atoms with Crippen LogP contribution in [0.5, 0.6) is 0 Å². The van der Waals surface area contributed by atoms with Gasteiger partial charge in [0.1, 0.15) is 0 Å². The van der Waals surface area contributed by atoms with E-state index in [9.17, 15) is 14.7 Å². The summed E-state index contributed by atoms with van der Waals surface area (Å²) in [5.41, 5.74) is 5.50. The smallest absolute Gasteiger partial charge is 0.428 e. The van der Waals surface area contributed by atoms with Gasteiger partial charge in [0.25, 0.3) is 0 Å². The fourth-order valence-electron chi connectivity index (χ4n) is 0.0920. The van der Waals surface area contributed by atoms with Crippen molar-refractivity contribution in [3.8, 4) is 0 Å². The van der Waals surface area contributed by atoms with Gasteiger partial charge in [0.15, 0.2) is 6.09 Å². The van der Waals surface area contributed by atoms with Crippen LogP contribution in [0.4, 0.5) is 9.59 Å². The predicted octanol–water partition coefficient (Wildman–Crippen LogP) is -1.69. The minimum atomic E-state index is -1.72. The Hall–Kier alpha value is -1.50. The Labute approximate surface area is 50.3 Å². The van der Waals surface area contributed by atoms with Gasteiger partial charge >= 0.3 is 6.09 Å². The van der Waals surface area contributed by atoms with Crippen LogP contribution in [0, 0.1) is 0 Å². The SMILES string of the molecule is NC(=O)ONC(=O)[O-].[NH4+]. The third-order valence-corrected chi connectivity index (χ3v) is 0.235. The van der Waals surface area contributed by atoms with Gasteiger partial charge in [-0.2, -0.15) is 0 Å². The number of carboxylic acid groups (broad SMARTS) is 1. The topological polar surface area (TPSA) is 141 Å². The van der Waals surface area contributed by atoms with Crippen molar-refractivity contribution in [1.82, 2.24) is 11.6 Å². The summed E-state index contributed by atoms with van der Waals surface area (Å²) < 4.78 is 0. The van der Waals surface area contributed by atoms with Crippen LogP contribution < -0.4 is 22.5 Å². The van der Waals surface area contributed by atoms with Crippen LogP contribution in [0.3, 0.4) is 0 Å². The molecule has 0 rings (SSSR count). The highest BCUT2D eigenvalue weighted by atomic mass is 16.7. The molecule has 7 heteroatoms. The van der Waals surface area contributed by atoms with Crippen LogP contribution >= 0.6 is 0 Å². The number of carbonyl (C=O) groups excluding carboxylic acids is 2. The molecule has 2 amide bonds. The van der Waals surface area contributed by atoms with Gasteiger partial charge in [-0.3, -0.25) is 0 Å². The van der Waals surface area contributed by atoms with Crippen molar-refractivity contribution in [3.05, 3.63) is 0 Å². The Bertz CT molecular complexity index is 98.4. The van der Waals surface area contributed by atoms with Crippen LogP contribution in [0.15, 0.2) is 0 Å². The predicted molar refractivity (Wildman–Crippen MR) is 25.2 cm³/mol. The fourth-order valence-corrected chi connectivity index (χ4v) is 0.0920. The molecule has 0 radical (unpaired) electrons. The molecule has 0 spiro atoms. The van der Waals surface area contributed by atoms with Crippen molar-refractivity contribution >= 4 is 12.2 Å². The van der Waals surface area contributed by atoms with Crippen LogP contribution in [0.2, 0.25) is 0 Å². The lowest BCUT2D eigenvalue weighted by Gasteiger charge is -2.01. The first-order valence-corrected chi connectivity index (χ1v) is 1.56. The number of amides is 2. The van der Waals surface area contributed by atoms with Crippen LogP contribution in [0.1, 0.15) is 0 Å². The number of nitrogens with two attached hydrogens (primary N) is 1. The average Bonchev–Trinajstić information content (AvgIpc) is 1.61. The second kappa shape index (κ2) is 4.65. The van der Waals surface area contributed by atoms with E-state index in [0.29, 0.717) is 0 Å². The Morgan fingerprint density at radius 2 is 2.00 bits per heavy atom. The first-order chi connectivity index (χ1) is 3.63. The Kier molecular flexibility index (Phi) is 5.42. The summed E-state index contributed by atoms with van der Waals surface area (Å²) in [6.45, 7) is 0. The summed E-state index contributed by atoms with van der Waals surface area (Å²) in [6, 6.07) is 0. The number of rotatable bonds is 0. The highest BCUT2D eigenvalue weighted by molar-refractivity contribution is 5.68. The van der Waals surface area contributed by atoms with E-state index in [1.54, 1.807) is 0 Å². The summed E-state index contributed by atoms with van der Waals surface area (Å²) in [4.78, 5) is 22.4. The molecule has 0 fully saturated rings. The molecule has 0 aromatic carbocycles. The lowest BCUT2D eigenvalue weighted by Crippen LogP contribution is -2.39. The van der Waals surface area contributed by atoms with Gasteiger partial charge in [0, 0.05) is 0 Å². The van der Waals surface area contributed by atoms with Crippen molar-refractivity contribution in [1.29, 1.82) is 0 Å².